The number of nitrogens with zero attached hydrogens (tertiary/aromatic N) is 2. The lowest BCUT2D eigenvalue weighted by molar-refractivity contribution is -0.124. The number of terminal acetylenes is 1. The zero-order valence-corrected chi connectivity index (χ0v) is 14.4. The van der Waals surface area contributed by atoms with Gasteiger partial charge in [-0.3, -0.25) is 4.79 Å². The quantitative estimate of drug-likeness (QED) is 0.756. The molecule has 0 aromatic heterocycles. The van der Waals surface area contributed by atoms with E-state index in [1.165, 1.54) is 12.1 Å². The molecule has 1 amide bonds. The van der Waals surface area contributed by atoms with E-state index in [0.29, 0.717) is 50.9 Å². The maximum absolute atomic E-state index is 14.4. The van der Waals surface area contributed by atoms with Crippen LogP contribution in [0.25, 0.3) is 0 Å². The number of hydrogen-bond acceptors (Lipinski definition) is 4. The van der Waals surface area contributed by atoms with Crippen LogP contribution in [-0.2, 0) is 15.1 Å². The standard InChI is InChI=1S/C19H21F2N3O2/c1-2-3-7-19(23-24-19)8-6-17(25)22-18(9-11-26-12-10-18)15-5-4-14(20)13-16(15)21/h1,4-5,13H,3,6-12H2,(H,22,25). The first-order valence-electron chi connectivity index (χ1n) is 8.70. The molecule has 0 radical (unpaired) electrons. The normalized spacial score (nSPS) is 19.6. The molecule has 1 aromatic rings. The van der Waals surface area contributed by atoms with Gasteiger partial charge in [0, 0.05) is 50.5 Å². The lowest BCUT2D eigenvalue weighted by atomic mass is 9.82. The van der Waals surface area contributed by atoms with Crippen molar-refractivity contribution in [3.05, 3.63) is 35.4 Å². The van der Waals surface area contributed by atoms with Crippen molar-refractivity contribution in [1.29, 1.82) is 0 Å². The number of carbonyl (C=O) groups is 1. The monoisotopic (exact) mass is 361 g/mol. The third kappa shape index (κ3) is 4.07. The molecule has 0 atom stereocenters. The van der Waals surface area contributed by atoms with Crippen LogP contribution in [0.4, 0.5) is 8.78 Å². The Morgan fingerprint density at radius 2 is 2.00 bits per heavy atom. The Bertz CT molecular complexity index is 746. The third-order valence-electron chi connectivity index (χ3n) is 4.98. The average Bonchev–Trinajstić information content (AvgIpc) is 3.39. The van der Waals surface area contributed by atoms with Gasteiger partial charge in [0.05, 0.1) is 5.54 Å². The molecule has 0 saturated carbocycles. The summed E-state index contributed by atoms with van der Waals surface area (Å²) in [6.07, 6.45) is 7.98. The van der Waals surface area contributed by atoms with Crippen LogP contribution in [0.5, 0.6) is 0 Å². The van der Waals surface area contributed by atoms with Crippen molar-refractivity contribution in [3.63, 3.8) is 0 Å². The zero-order valence-electron chi connectivity index (χ0n) is 14.4. The second-order valence-electron chi connectivity index (χ2n) is 6.75. The fourth-order valence-electron chi connectivity index (χ4n) is 3.37. The first kappa shape index (κ1) is 18.5. The van der Waals surface area contributed by atoms with Crippen LogP contribution in [0.2, 0.25) is 0 Å². The SMILES string of the molecule is C#CCCC1(CCC(=O)NC2(c3ccc(F)cc3F)CCOCC2)N=N1. The van der Waals surface area contributed by atoms with Crippen molar-refractivity contribution in [1.82, 2.24) is 5.32 Å². The van der Waals surface area contributed by atoms with Crippen LogP contribution >= 0.6 is 0 Å². The molecular weight excluding hydrogens is 340 g/mol. The molecule has 5 nitrogen and oxygen atoms in total. The Balaban J connectivity index is 1.69. The average molecular weight is 361 g/mol. The summed E-state index contributed by atoms with van der Waals surface area (Å²) < 4.78 is 33.0. The molecule has 1 saturated heterocycles. The number of carbonyl (C=O) groups excluding carboxylic acids is 1. The molecule has 1 fully saturated rings. The molecule has 7 heteroatoms. The molecule has 1 N–H and O–H groups in total. The zero-order chi connectivity index (χ0) is 18.6. The van der Waals surface area contributed by atoms with Crippen molar-refractivity contribution in [2.24, 2.45) is 10.2 Å². The minimum Gasteiger partial charge on any atom is -0.381 e. The van der Waals surface area contributed by atoms with Crippen LogP contribution in [0.15, 0.2) is 28.4 Å². The molecule has 2 aliphatic rings. The van der Waals surface area contributed by atoms with Crippen LogP contribution in [0.1, 0.15) is 44.1 Å². The van der Waals surface area contributed by atoms with Gasteiger partial charge in [-0.25, -0.2) is 8.78 Å². The number of amides is 1. The maximum Gasteiger partial charge on any atom is 0.220 e. The summed E-state index contributed by atoms with van der Waals surface area (Å²) in [4.78, 5) is 12.5. The molecule has 2 heterocycles. The van der Waals surface area contributed by atoms with E-state index in [0.717, 1.165) is 6.07 Å². The molecule has 0 bridgehead atoms. The van der Waals surface area contributed by atoms with Gasteiger partial charge in [-0.15, -0.1) is 12.3 Å². The van der Waals surface area contributed by atoms with Crippen LogP contribution in [0.3, 0.4) is 0 Å². The summed E-state index contributed by atoms with van der Waals surface area (Å²) in [5, 5.41) is 11.0. The van der Waals surface area contributed by atoms with Crippen molar-refractivity contribution < 1.29 is 18.3 Å². The number of ether oxygens (including phenoxy) is 1. The van der Waals surface area contributed by atoms with Gasteiger partial charge in [-0.2, -0.15) is 10.2 Å². The van der Waals surface area contributed by atoms with Gasteiger partial charge in [-0.1, -0.05) is 6.07 Å². The smallest absolute Gasteiger partial charge is 0.220 e. The van der Waals surface area contributed by atoms with E-state index in [2.05, 4.69) is 21.5 Å². The van der Waals surface area contributed by atoms with Gasteiger partial charge in [0.15, 0.2) is 5.66 Å². The topological polar surface area (TPSA) is 63.0 Å². The second-order valence-corrected chi connectivity index (χ2v) is 6.75. The van der Waals surface area contributed by atoms with Gasteiger partial charge < -0.3 is 10.1 Å². The number of halogens is 2. The Kier molecular flexibility index (Phi) is 5.33. The molecular formula is C19H21F2N3O2. The summed E-state index contributed by atoms with van der Waals surface area (Å²) in [6, 6.07) is 3.45. The fourth-order valence-corrected chi connectivity index (χ4v) is 3.37. The first-order valence-corrected chi connectivity index (χ1v) is 8.70. The second kappa shape index (κ2) is 7.50. The molecule has 3 rings (SSSR count). The van der Waals surface area contributed by atoms with Gasteiger partial charge in [0.2, 0.25) is 5.91 Å². The lowest BCUT2D eigenvalue weighted by Gasteiger charge is -2.38. The molecule has 26 heavy (non-hydrogen) atoms. The van der Waals surface area contributed by atoms with E-state index in [1.54, 1.807) is 0 Å². The maximum atomic E-state index is 14.4. The molecule has 0 aliphatic carbocycles. The predicted octanol–water partition coefficient (Wildman–Crippen LogP) is 3.44. The molecule has 1 aromatic carbocycles. The van der Waals surface area contributed by atoms with Crippen molar-refractivity contribution >= 4 is 5.91 Å². The van der Waals surface area contributed by atoms with E-state index in [4.69, 9.17) is 11.2 Å². The largest absolute Gasteiger partial charge is 0.381 e. The third-order valence-corrected chi connectivity index (χ3v) is 4.98. The van der Waals surface area contributed by atoms with Crippen molar-refractivity contribution in [2.45, 2.75) is 49.7 Å². The lowest BCUT2D eigenvalue weighted by Crippen LogP contribution is -2.50. The minimum atomic E-state index is -0.892. The summed E-state index contributed by atoms with van der Waals surface area (Å²) in [7, 11) is 0. The summed E-state index contributed by atoms with van der Waals surface area (Å²) >= 11 is 0. The Labute approximate surface area is 151 Å². The molecule has 138 valence electrons. The van der Waals surface area contributed by atoms with Crippen LogP contribution < -0.4 is 5.32 Å². The highest BCUT2D eigenvalue weighted by atomic mass is 19.1. The highest BCUT2D eigenvalue weighted by Crippen LogP contribution is 2.38. The van der Waals surface area contributed by atoms with Crippen molar-refractivity contribution in [2.75, 3.05) is 13.2 Å². The van der Waals surface area contributed by atoms with Crippen LogP contribution in [-0.4, -0.2) is 24.8 Å². The van der Waals surface area contributed by atoms with E-state index >= 15 is 0 Å². The summed E-state index contributed by atoms with van der Waals surface area (Å²) in [5.74, 6) is 1.03. The van der Waals surface area contributed by atoms with Gasteiger partial charge in [0.25, 0.3) is 0 Å². The highest BCUT2D eigenvalue weighted by molar-refractivity contribution is 5.77. The Morgan fingerprint density at radius 1 is 1.27 bits per heavy atom. The van der Waals surface area contributed by atoms with E-state index in [9.17, 15) is 13.6 Å². The van der Waals surface area contributed by atoms with E-state index in [1.807, 2.05) is 0 Å². The van der Waals surface area contributed by atoms with Gasteiger partial charge >= 0.3 is 0 Å². The first-order chi connectivity index (χ1) is 12.5. The van der Waals surface area contributed by atoms with Gasteiger partial charge in [-0.05, 0) is 18.9 Å². The summed E-state index contributed by atoms with van der Waals surface area (Å²) in [5.41, 5.74) is -1.14. The highest BCUT2D eigenvalue weighted by Gasteiger charge is 2.41. The van der Waals surface area contributed by atoms with Crippen molar-refractivity contribution in [3.8, 4) is 12.3 Å². The summed E-state index contributed by atoms with van der Waals surface area (Å²) in [6.45, 7) is 0.793. The number of hydrogen-bond donors (Lipinski definition) is 1. The molecule has 0 spiro atoms. The Morgan fingerprint density at radius 3 is 2.62 bits per heavy atom. The Hall–Kier alpha value is -2.33. The van der Waals surface area contributed by atoms with Gasteiger partial charge in [0.1, 0.15) is 11.6 Å². The number of benzene rings is 1. The fraction of sp³-hybridized carbons (Fsp3) is 0.526. The predicted molar refractivity (Wildman–Crippen MR) is 91.1 cm³/mol. The van der Waals surface area contributed by atoms with E-state index < -0.39 is 22.8 Å². The number of rotatable bonds is 7. The van der Waals surface area contributed by atoms with Crippen LogP contribution in [0, 0.1) is 24.0 Å². The molecule has 2 aliphatic heterocycles. The molecule has 0 unspecified atom stereocenters. The minimum absolute atomic E-state index is 0.211. The van der Waals surface area contributed by atoms with E-state index in [-0.39, 0.29) is 12.3 Å². The number of nitrogens with one attached hydrogen (secondary N) is 1.